The molecule has 0 bridgehead atoms. The van der Waals surface area contributed by atoms with E-state index in [4.69, 9.17) is 4.74 Å². The van der Waals surface area contributed by atoms with Crippen LogP contribution in [0.15, 0.2) is 42.5 Å². The summed E-state index contributed by atoms with van der Waals surface area (Å²) in [6.45, 7) is 2.67. The third-order valence-corrected chi connectivity index (χ3v) is 5.84. The zero-order valence-corrected chi connectivity index (χ0v) is 17.4. The van der Waals surface area contributed by atoms with Crippen LogP contribution in [0, 0.1) is 0 Å². The van der Waals surface area contributed by atoms with Crippen molar-refractivity contribution in [2.45, 2.75) is 57.5 Å². The Labute approximate surface area is 179 Å². The number of fused-ring (bicyclic) bond motifs is 1. The van der Waals surface area contributed by atoms with Gasteiger partial charge in [0.15, 0.2) is 6.10 Å². The van der Waals surface area contributed by atoms with Crippen LogP contribution in [0.2, 0.25) is 0 Å². The maximum Gasteiger partial charge on any atom is 0.418 e. The number of benzene rings is 2. The van der Waals surface area contributed by atoms with Crippen LogP contribution in [0.1, 0.15) is 49.8 Å². The number of aromatic nitrogens is 1. The highest BCUT2D eigenvalue weighted by atomic mass is 19.4. The lowest BCUT2D eigenvalue weighted by atomic mass is 9.98. The fourth-order valence-electron chi connectivity index (χ4n) is 4.36. The highest BCUT2D eigenvalue weighted by molar-refractivity contribution is 5.99. The van der Waals surface area contributed by atoms with E-state index in [2.05, 4.69) is 10.3 Å². The van der Waals surface area contributed by atoms with Gasteiger partial charge in [0, 0.05) is 23.6 Å². The number of rotatable bonds is 7. The Morgan fingerprint density at radius 3 is 2.52 bits per heavy atom. The van der Waals surface area contributed by atoms with Crippen molar-refractivity contribution in [3.8, 4) is 11.3 Å². The number of ether oxygens (including phenoxy) is 1. The van der Waals surface area contributed by atoms with Gasteiger partial charge in [0.05, 0.1) is 23.5 Å². The minimum atomic E-state index is -4.78. The van der Waals surface area contributed by atoms with E-state index >= 15 is 0 Å². The van der Waals surface area contributed by atoms with Crippen molar-refractivity contribution >= 4 is 16.6 Å². The summed E-state index contributed by atoms with van der Waals surface area (Å²) in [6, 6.07) is 12.7. The number of halogens is 3. The molecule has 1 aliphatic carbocycles. The van der Waals surface area contributed by atoms with E-state index in [1.165, 1.54) is 0 Å². The van der Waals surface area contributed by atoms with Crippen molar-refractivity contribution in [1.82, 2.24) is 4.98 Å². The zero-order valence-electron chi connectivity index (χ0n) is 17.4. The van der Waals surface area contributed by atoms with E-state index in [0.29, 0.717) is 29.7 Å². The number of aliphatic hydroxyl groups is 1. The van der Waals surface area contributed by atoms with Gasteiger partial charge < -0.3 is 20.1 Å². The molecule has 0 saturated heterocycles. The molecule has 1 aromatic heterocycles. The van der Waals surface area contributed by atoms with Crippen LogP contribution in [0.4, 0.5) is 18.9 Å². The molecule has 1 atom stereocenters. The van der Waals surface area contributed by atoms with Gasteiger partial charge in [-0.3, -0.25) is 0 Å². The van der Waals surface area contributed by atoms with Crippen LogP contribution in [0.5, 0.6) is 0 Å². The van der Waals surface area contributed by atoms with Crippen molar-refractivity contribution in [3.63, 3.8) is 0 Å². The van der Waals surface area contributed by atoms with E-state index in [9.17, 15) is 18.3 Å². The monoisotopic (exact) mass is 432 g/mol. The predicted octanol–water partition coefficient (Wildman–Crippen LogP) is 6.32. The van der Waals surface area contributed by atoms with Crippen LogP contribution in [-0.4, -0.2) is 28.9 Å². The molecule has 1 heterocycles. The molecular formula is C24H27F3N2O2. The summed E-state index contributed by atoms with van der Waals surface area (Å²) >= 11 is 0. The van der Waals surface area contributed by atoms with Gasteiger partial charge in [-0.05, 0) is 43.0 Å². The van der Waals surface area contributed by atoms with Gasteiger partial charge in [0.25, 0.3) is 0 Å². The first kappa shape index (κ1) is 21.7. The van der Waals surface area contributed by atoms with Crippen molar-refractivity contribution in [2.75, 3.05) is 11.9 Å². The van der Waals surface area contributed by atoms with Crippen LogP contribution in [-0.2, 0) is 11.3 Å². The molecule has 7 heteroatoms. The number of aromatic amines is 1. The Bertz CT molecular complexity index is 1020. The zero-order chi connectivity index (χ0) is 22.0. The highest BCUT2D eigenvalue weighted by Crippen LogP contribution is 2.44. The van der Waals surface area contributed by atoms with Gasteiger partial charge in [0.1, 0.15) is 0 Å². The highest BCUT2D eigenvalue weighted by Gasteiger charge is 2.42. The van der Waals surface area contributed by atoms with Crippen molar-refractivity contribution in [1.29, 1.82) is 0 Å². The largest absolute Gasteiger partial charge is 0.418 e. The summed E-state index contributed by atoms with van der Waals surface area (Å²) in [5, 5.41) is 14.2. The minimum Gasteiger partial charge on any atom is -0.381 e. The second-order valence-corrected chi connectivity index (χ2v) is 8.05. The van der Waals surface area contributed by atoms with Crippen LogP contribution in [0.25, 0.3) is 22.2 Å². The molecule has 3 aromatic rings. The summed E-state index contributed by atoms with van der Waals surface area (Å²) in [7, 11) is 0. The van der Waals surface area contributed by atoms with Gasteiger partial charge in [-0.1, -0.05) is 43.2 Å². The number of hydrogen-bond acceptors (Lipinski definition) is 3. The van der Waals surface area contributed by atoms with Crippen LogP contribution in [0.3, 0.4) is 0 Å². The van der Waals surface area contributed by atoms with Gasteiger partial charge in [-0.2, -0.15) is 13.2 Å². The topological polar surface area (TPSA) is 57.3 Å². The predicted molar refractivity (Wildman–Crippen MR) is 116 cm³/mol. The second kappa shape index (κ2) is 8.93. The number of H-pyrrole nitrogens is 1. The number of anilines is 1. The fourth-order valence-corrected chi connectivity index (χ4v) is 4.36. The molecule has 31 heavy (non-hydrogen) atoms. The first-order valence-electron chi connectivity index (χ1n) is 10.7. The summed E-state index contributed by atoms with van der Waals surface area (Å²) in [6.07, 6.45) is -3.05. The van der Waals surface area contributed by atoms with Gasteiger partial charge in [0.2, 0.25) is 0 Å². The molecule has 0 aliphatic heterocycles. The molecular weight excluding hydrogens is 405 g/mol. The van der Waals surface area contributed by atoms with E-state index in [0.717, 1.165) is 36.9 Å². The lowest BCUT2D eigenvalue weighted by Crippen LogP contribution is -2.20. The Morgan fingerprint density at radius 2 is 1.87 bits per heavy atom. The van der Waals surface area contributed by atoms with Crippen molar-refractivity contribution in [3.05, 3.63) is 53.6 Å². The maximum absolute atomic E-state index is 13.7. The average molecular weight is 432 g/mol. The molecule has 1 fully saturated rings. The van der Waals surface area contributed by atoms with Crippen LogP contribution < -0.4 is 5.32 Å². The second-order valence-electron chi connectivity index (χ2n) is 8.05. The summed E-state index contributed by atoms with van der Waals surface area (Å²) in [4.78, 5) is 3.20. The van der Waals surface area contributed by atoms with E-state index in [-0.39, 0.29) is 17.3 Å². The maximum atomic E-state index is 13.7. The van der Waals surface area contributed by atoms with Crippen molar-refractivity contribution < 1.29 is 23.0 Å². The lowest BCUT2D eigenvalue weighted by Gasteiger charge is -2.18. The van der Waals surface area contributed by atoms with E-state index in [1.54, 1.807) is 36.4 Å². The molecule has 1 aliphatic rings. The molecule has 0 spiro atoms. The normalized spacial score (nSPS) is 16.2. The molecule has 4 nitrogen and oxygen atoms in total. The summed E-state index contributed by atoms with van der Waals surface area (Å²) in [5.41, 5.74) is 2.81. The molecule has 3 N–H and O–H groups in total. The first-order chi connectivity index (χ1) is 14.9. The third kappa shape index (κ3) is 4.57. The number of hydrogen-bond donors (Lipinski definition) is 3. The molecule has 2 aromatic carbocycles. The first-order valence-corrected chi connectivity index (χ1v) is 10.7. The van der Waals surface area contributed by atoms with Crippen LogP contribution >= 0.6 is 0 Å². The summed E-state index contributed by atoms with van der Waals surface area (Å²) < 4.78 is 46.5. The minimum absolute atomic E-state index is 0.151. The van der Waals surface area contributed by atoms with E-state index in [1.807, 2.05) is 13.0 Å². The van der Waals surface area contributed by atoms with Gasteiger partial charge in [-0.25, -0.2) is 0 Å². The SMILES string of the molecule is CCOCc1cc(NC2CCCC2)c2[nH]c(-c3ccccc3)c(C(O)C(F)(F)F)c2c1. The Balaban J connectivity index is 1.93. The van der Waals surface area contributed by atoms with E-state index < -0.39 is 12.3 Å². The molecule has 4 rings (SSSR count). The average Bonchev–Trinajstić information content (AvgIpc) is 3.39. The lowest BCUT2D eigenvalue weighted by molar-refractivity contribution is -0.206. The molecule has 0 radical (unpaired) electrons. The number of alkyl halides is 3. The Morgan fingerprint density at radius 1 is 1.16 bits per heavy atom. The number of nitrogens with one attached hydrogen (secondary N) is 2. The van der Waals surface area contributed by atoms with Crippen molar-refractivity contribution in [2.24, 2.45) is 0 Å². The molecule has 166 valence electrons. The molecule has 1 saturated carbocycles. The molecule has 0 amide bonds. The van der Waals surface area contributed by atoms with Gasteiger partial charge >= 0.3 is 6.18 Å². The smallest absolute Gasteiger partial charge is 0.381 e. The standard InChI is InChI=1S/C24H27F3N2O2/c1-2-31-14-15-12-18-20(23(30)24(25,26)27)21(16-8-4-3-5-9-16)29-22(18)19(13-15)28-17-10-6-7-11-17/h3-5,8-9,12-13,17,23,28-30H,2,6-7,10-11,14H2,1H3. The quantitative estimate of drug-likeness (QED) is 0.409. The fraction of sp³-hybridized carbons (Fsp3) is 0.417. The number of aliphatic hydroxyl groups excluding tert-OH is 1. The Kier molecular flexibility index (Phi) is 6.25. The molecule has 1 unspecified atom stereocenters. The van der Waals surface area contributed by atoms with Gasteiger partial charge in [-0.15, -0.1) is 0 Å². The third-order valence-electron chi connectivity index (χ3n) is 5.84. The Hall–Kier alpha value is -2.51. The summed E-state index contributed by atoms with van der Waals surface area (Å²) in [5.74, 6) is 0.